The van der Waals surface area contributed by atoms with Crippen LogP contribution in [0.15, 0.2) is 29.2 Å². The minimum absolute atomic E-state index is 0.625. The van der Waals surface area contributed by atoms with E-state index in [1.807, 2.05) is 0 Å². The Morgan fingerprint density at radius 1 is 1.32 bits per heavy atom. The van der Waals surface area contributed by atoms with Crippen LogP contribution in [0.5, 0.6) is 0 Å². The van der Waals surface area contributed by atoms with Crippen molar-refractivity contribution in [1.29, 1.82) is 0 Å². The van der Waals surface area contributed by atoms with Crippen LogP contribution in [0.25, 0.3) is 0 Å². The van der Waals surface area contributed by atoms with Crippen LogP contribution < -0.4 is 5.32 Å². The Morgan fingerprint density at radius 3 is 2.84 bits per heavy atom. The monoisotopic (exact) mass is 277 g/mol. The summed E-state index contributed by atoms with van der Waals surface area (Å²) in [5.74, 6) is 0.843. The van der Waals surface area contributed by atoms with E-state index in [4.69, 9.17) is 4.74 Å². The van der Waals surface area contributed by atoms with Gasteiger partial charge in [0, 0.05) is 29.4 Å². The SMILES string of the molecule is CNC(CC1CCOCC1)C1Cc2ccccc2S1. The van der Waals surface area contributed by atoms with Crippen molar-refractivity contribution in [2.24, 2.45) is 5.92 Å². The molecule has 2 heterocycles. The molecule has 3 heteroatoms. The molecule has 0 amide bonds. The number of ether oxygens (including phenoxy) is 1. The number of nitrogens with one attached hydrogen (secondary N) is 1. The van der Waals surface area contributed by atoms with E-state index in [2.05, 4.69) is 48.4 Å². The predicted octanol–water partition coefficient (Wildman–Crippen LogP) is 3.11. The van der Waals surface area contributed by atoms with Crippen LogP contribution in [0.1, 0.15) is 24.8 Å². The predicted molar refractivity (Wildman–Crippen MR) is 80.8 cm³/mol. The summed E-state index contributed by atoms with van der Waals surface area (Å²) in [5, 5.41) is 4.26. The summed E-state index contributed by atoms with van der Waals surface area (Å²) in [6.45, 7) is 1.91. The van der Waals surface area contributed by atoms with Gasteiger partial charge in [-0.15, -0.1) is 11.8 Å². The van der Waals surface area contributed by atoms with Crippen molar-refractivity contribution in [3.8, 4) is 0 Å². The van der Waals surface area contributed by atoms with E-state index in [0.29, 0.717) is 11.3 Å². The largest absolute Gasteiger partial charge is 0.381 e. The lowest BCUT2D eigenvalue weighted by Gasteiger charge is -2.29. The van der Waals surface area contributed by atoms with Gasteiger partial charge >= 0.3 is 0 Å². The van der Waals surface area contributed by atoms with Crippen molar-refractivity contribution < 1.29 is 4.74 Å². The van der Waals surface area contributed by atoms with Gasteiger partial charge in [-0.05, 0) is 50.3 Å². The molecule has 2 aliphatic heterocycles. The highest BCUT2D eigenvalue weighted by atomic mass is 32.2. The molecule has 3 rings (SSSR count). The van der Waals surface area contributed by atoms with Crippen molar-refractivity contribution in [2.75, 3.05) is 20.3 Å². The molecule has 0 bridgehead atoms. The Bertz CT molecular complexity index is 392. The molecule has 1 aromatic rings. The van der Waals surface area contributed by atoms with Crippen molar-refractivity contribution in [2.45, 2.75) is 41.9 Å². The van der Waals surface area contributed by atoms with E-state index in [9.17, 15) is 0 Å². The second-order valence-electron chi connectivity index (χ2n) is 5.65. The van der Waals surface area contributed by atoms with Crippen LogP contribution in [0.4, 0.5) is 0 Å². The molecule has 0 saturated carbocycles. The fourth-order valence-corrected chi connectivity index (χ4v) is 4.69. The molecule has 1 aromatic carbocycles. The maximum Gasteiger partial charge on any atom is 0.0468 e. The molecule has 0 radical (unpaired) electrons. The number of hydrogen-bond donors (Lipinski definition) is 1. The first-order valence-electron chi connectivity index (χ1n) is 7.36. The normalized spacial score (nSPS) is 25.2. The van der Waals surface area contributed by atoms with Crippen molar-refractivity contribution >= 4 is 11.8 Å². The topological polar surface area (TPSA) is 21.3 Å². The molecule has 2 aliphatic rings. The summed E-state index contributed by atoms with van der Waals surface area (Å²) in [7, 11) is 2.12. The third-order valence-corrected chi connectivity index (χ3v) is 5.87. The summed E-state index contributed by atoms with van der Waals surface area (Å²) >= 11 is 2.06. The van der Waals surface area contributed by atoms with Gasteiger partial charge in [0.15, 0.2) is 0 Å². The van der Waals surface area contributed by atoms with Gasteiger partial charge in [0.2, 0.25) is 0 Å². The van der Waals surface area contributed by atoms with E-state index in [1.165, 1.54) is 36.1 Å². The molecular formula is C16H23NOS. The van der Waals surface area contributed by atoms with Crippen molar-refractivity contribution in [1.82, 2.24) is 5.32 Å². The van der Waals surface area contributed by atoms with Gasteiger partial charge in [-0.2, -0.15) is 0 Å². The Labute approximate surface area is 120 Å². The fraction of sp³-hybridized carbons (Fsp3) is 0.625. The van der Waals surface area contributed by atoms with Gasteiger partial charge in [0.25, 0.3) is 0 Å². The average molecular weight is 277 g/mol. The van der Waals surface area contributed by atoms with Crippen LogP contribution in [-0.2, 0) is 11.2 Å². The maximum atomic E-state index is 5.47. The summed E-state index contributed by atoms with van der Waals surface area (Å²) < 4.78 is 5.47. The second kappa shape index (κ2) is 6.29. The lowest BCUT2D eigenvalue weighted by Crippen LogP contribution is -2.38. The van der Waals surface area contributed by atoms with Gasteiger partial charge < -0.3 is 10.1 Å². The highest BCUT2D eigenvalue weighted by Crippen LogP contribution is 2.39. The Hall–Kier alpha value is -0.510. The highest BCUT2D eigenvalue weighted by Gasteiger charge is 2.30. The number of thioether (sulfide) groups is 1. The molecule has 2 atom stereocenters. The molecule has 0 aromatic heterocycles. The lowest BCUT2D eigenvalue weighted by molar-refractivity contribution is 0.0607. The van der Waals surface area contributed by atoms with E-state index in [1.54, 1.807) is 0 Å². The van der Waals surface area contributed by atoms with Gasteiger partial charge in [-0.3, -0.25) is 0 Å². The molecule has 2 nitrogen and oxygen atoms in total. The second-order valence-corrected chi connectivity index (χ2v) is 6.94. The summed E-state index contributed by atoms with van der Waals surface area (Å²) in [5.41, 5.74) is 1.53. The van der Waals surface area contributed by atoms with Crippen LogP contribution in [0, 0.1) is 5.92 Å². The minimum atomic E-state index is 0.625. The Morgan fingerprint density at radius 2 is 2.11 bits per heavy atom. The lowest BCUT2D eigenvalue weighted by atomic mass is 9.90. The van der Waals surface area contributed by atoms with Crippen LogP contribution >= 0.6 is 11.8 Å². The van der Waals surface area contributed by atoms with Gasteiger partial charge in [0.1, 0.15) is 0 Å². The molecule has 104 valence electrons. The minimum Gasteiger partial charge on any atom is -0.381 e. The summed E-state index contributed by atoms with van der Waals surface area (Å²) in [4.78, 5) is 1.49. The van der Waals surface area contributed by atoms with Gasteiger partial charge in [-0.25, -0.2) is 0 Å². The third kappa shape index (κ3) is 3.15. The molecule has 0 aliphatic carbocycles. The van der Waals surface area contributed by atoms with Crippen molar-refractivity contribution in [3.63, 3.8) is 0 Å². The third-order valence-electron chi connectivity index (χ3n) is 4.42. The van der Waals surface area contributed by atoms with Gasteiger partial charge in [0.05, 0.1) is 0 Å². The van der Waals surface area contributed by atoms with Crippen LogP contribution in [0.2, 0.25) is 0 Å². The van der Waals surface area contributed by atoms with Gasteiger partial charge in [-0.1, -0.05) is 18.2 Å². The zero-order valence-electron chi connectivity index (χ0n) is 11.6. The number of fused-ring (bicyclic) bond motifs is 1. The number of benzene rings is 1. The van der Waals surface area contributed by atoms with E-state index in [0.717, 1.165) is 19.1 Å². The molecule has 0 spiro atoms. The van der Waals surface area contributed by atoms with E-state index >= 15 is 0 Å². The smallest absolute Gasteiger partial charge is 0.0468 e. The quantitative estimate of drug-likeness (QED) is 0.914. The molecular weight excluding hydrogens is 254 g/mol. The molecule has 19 heavy (non-hydrogen) atoms. The average Bonchev–Trinajstić information content (AvgIpc) is 2.89. The number of rotatable bonds is 4. The zero-order valence-corrected chi connectivity index (χ0v) is 12.4. The highest BCUT2D eigenvalue weighted by molar-refractivity contribution is 8.00. The van der Waals surface area contributed by atoms with E-state index in [-0.39, 0.29) is 0 Å². The zero-order chi connectivity index (χ0) is 13.1. The Kier molecular flexibility index (Phi) is 4.46. The maximum absolute atomic E-state index is 5.47. The molecule has 2 unspecified atom stereocenters. The molecule has 1 N–H and O–H groups in total. The first-order chi connectivity index (χ1) is 9.36. The standard InChI is InChI=1S/C16H23NOS/c1-17-14(10-12-6-8-18-9-7-12)16-11-13-4-2-3-5-15(13)19-16/h2-5,12,14,16-17H,6-11H2,1H3. The first kappa shape index (κ1) is 13.5. The first-order valence-corrected chi connectivity index (χ1v) is 8.24. The number of hydrogen-bond acceptors (Lipinski definition) is 3. The Balaban J connectivity index is 1.61. The van der Waals surface area contributed by atoms with E-state index < -0.39 is 0 Å². The fourth-order valence-electron chi connectivity index (χ4n) is 3.23. The summed E-state index contributed by atoms with van der Waals surface area (Å²) in [6, 6.07) is 9.49. The summed E-state index contributed by atoms with van der Waals surface area (Å²) in [6.07, 6.45) is 4.99. The molecule has 1 fully saturated rings. The van der Waals surface area contributed by atoms with Crippen molar-refractivity contribution in [3.05, 3.63) is 29.8 Å². The van der Waals surface area contributed by atoms with Crippen LogP contribution in [-0.4, -0.2) is 31.6 Å². The molecule has 1 saturated heterocycles. The van der Waals surface area contributed by atoms with Crippen LogP contribution in [0.3, 0.4) is 0 Å².